The van der Waals surface area contributed by atoms with Crippen molar-refractivity contribution < 1.29 is 18.3 Å². The van der Waals surface area contributed by atoms with Gasteiger partial charge < -0.3 is 5.11 Å². The Labute approximate surface area is 125 Å². The summed E-state index contributed by atoms with van der Waals surface area (Å²) in [4.78, 5) is 11.0. The Hall–Kier alpha value is -1.56. The monoisotopic (exact) mass is 311 g/mol. The van der Waals surface area contributed by atoms with E-state index in [-0.39, 0.29) is 16.7 Å². The van der Waals surface area contributed by atoms with Crippen LogP contribution in [0.25, 0.3) is 0 Å². The average Bonchev–Trinajstić information content (AvgIpc) is 2.79. The summed E-state index contributed by atoms with van der Waals surface area (Å²) in [6.07, 6.45) is 1.15. The van der Waals surface area contributed by atoms with Gasteiger partial charge >= 0.3 is 5.97 Å². The van der Waals surface area contributed by atoms with Gasteiger partial charge in [-0.3, -0.25) is 4.31 Å². The zero-order valence-corrected chi connectivity index (χ0v) is 13.4. The Bertz CT molecular complexity index is 659. The zero-order chi connectivity index (χ0) is 15.8. The first-order chi connectivity index (χ1) is 9.60. The SMILES string of the molecule is CC(C)(C)CCS(=O)(=O)N1CCc2cc(C(=O)O)ccc21. The standard InChI is InChI=1S/C15H21NO4S/c1-15(2,3)7-9-21(19,20)16-8-6-11-10-12(14(17)18)4-5-13(11)16/h4-5,10H,6-9H2,1-3H3,(H,17,18). The predicted octanol–water partition coefficient (Wildman–Crippen LogP) is 2.51. The Kier molecular flexibility index (Phi) is 4.02. The van der Waals surface area contributed by atoms with Crippen LogP contribution >= 0.6 is 0 Å². The summed E-state index contributed by atoms with van der Waals surface area (Å²) in [6.45, 7) is 6.43. The molecule has 0 saturated heterocycles. The summed E-state index contributed by atoms with van der Waals surface area (Å²) in [6, 6.07) is 4.62. The smallest absolute Gasteiger partial charge is 0.335 e. The average molecular weight is 311 g/mol. The minimum absolute atomic E-state index is 0.0389. The maximum atomic E-state index is 12.5. The molecule has 0 aromatic heterocycles. The summed E-state index contributed by atoms with van der Waals surface area (Å²) >= 11 is 0. The number of carbonyl (C=O) groups is 1. The molecule has 5 nitrogen and oxygen atoms in total. The van der Waals surface area contributed by atoms with E-state index in [1.54, 1.807) is 12.1 Å². The number of benzene rings is 1. The number of anilines is 1. The van der Waals surface area contributed by atoms with Crippen LogP contribution in [0.5, 0.6) is 0 Å². The van der Waals surface area contributed by atoms with Gasteiger partial charge in [-0.2, -0.15) is 0 Å². The molecule has 1 N–H and O–H groups in total. The minimum Gasteiger partial charge on any atom is -0.478 e. The fraction of sp³-hybridized carbons (Fsp3) is 0.533. The second-order valence-electron chi connectivity index (χ2n) is 6.60. The van der Waals surface area contributed by atoms with Gasteiger partial charge in [0.2, 0.25) is 10.0 Å². The fourth-order valence-corrected chi connectivity index (χ4v) is 4.28. The molecule has 0 unspecified atom stereocenters. The highest BCUT2D eigenvalue weighted by molar-refractivity contribution is 7.92. The third kappa shape index (κ3) is 3.56. The van der Waals surface area contributed by atoms with Crippen molar-refractivity contribution in [1.29, 1.82) is 0 Å². The highest BCUT2D eigenvalue weighted by atomic mass is 32.2. The first-order valence-electron chi connectivity index (χ1n) is 6.97. The van der Waals surface area contributed by atoms with Crippen LogP contribution in [0.3, 0.4) is 0 Å². The summed E-state index contributed by atoms with van der Waals surface area (Å²) in [5, 5.41) is 8.98. The van der Waals surface area contributed by atoms with Crippen molar-refractivity contribution in [2.45, 2.75) is 33.6 Å². The van der Waals surface area contributed by atoms with E-state index < -0.39 is 16.0 Å². The molecule has 1 aromatic carbocycles. The largest absolute Gasteiger partial charge is 0.478 e. The molecule has 0 amide bonds. The van der Waals surface area contributed by atoms with Gasteiger partial charge in [0.1, 0.15) is 0 Å². The molecule has 6 heteroatoms. The quantitative estimate of drug-likeness (QED) is 0.927. The van der Waals surface area contributed by atoms with Gasteiger partial charge in [-0.05, 0) is 42.0 Å². The van der Waals surface area contributed by atoms with Crippen LogP contribution in [0.15, 0.2) is 18.2 Å². The van der Waals surface area contributed by atoms with Gasteiger partial charge in [-0.25, -0.2) is 13.2 Å². The topological polar surface area (TPSA) is 74.7 Å². The summed E-state index contributed by atoms with van der Waals surface area (Å²) in [5.41, 5.74) is 1.56. The molecule has 1 aliphatic rings. The van der Waals surface area contributed by atoms with Crippen molar-refractivity contribution in [3.8, 4) is 0 Å². The van der Waals surface area contributed by atoms with Gasteiger partial charge in [0.05, 0.1) is 17.0 Å². The molecule has 116 valence electrons. The molecule has 1 aliphatic heterocycles. The van der Waals surface area contributed by atoms with E-state index in [2.05, 4.69) is 0 Å². The molecule has 0 radical (unpaired) electrons. The highest BCUT2D eigenvalue weighted by Crippen LogP contribution is 2.32. The van der Waals surface area contributed by atoms with Gasteiger partial charge in [0, 0.05) is 6.54 Å². The molecule has 0 bridgehead atoms. The van der Waals surface area contributed by atoms with Crippen LogP contribution in [0.2, 0.25) is 0 Å². The number of carboxylic acids is 1. The van der Waals surface area contributed by atoms with Gasteiger partial charge in [0.25, 0.3) is 0 Å². The molecule has 0 spiro atoms. The van der Waals surface area contributed by atoms with E-state index in [9.17, 15) is 13.2 Å². The highest BCUT2D eigenvalue weighted by Gasteiger charge is 2.30. The van der Waals surface area contributed by atoms with E-state index in [4.69, 9.17) is 5.11 Å². The lowest BCUT2D eigenvalue weighted by Crippen LogP contribution is -2.32. The molecule has 2 rings (SSSR count). The van der Waals surface area contributed by atoms with E-state index in [0.29, 0.717) is 25.1 Å². The number of hydrogen-bond donors (Lipinski definition) is 1. The Balaban J connectivity index is 2.24. The molecule has 1 heterocycles. The molecular weight excluding hydrogens is 290 g/mol. The summed E-state index contributed by atoms with van der Waals surface area (Å²) in [7, 11) is -3.35. The lowest BCUT2D eigenvalue weighted by atomic mass is 9.94. The number of hydrogen-bond acceptors (Lipinski definition) is 3. The third-order valence-electron chi connectivity index (χ3n) is 3.63. The van der Waals surface area contributed by atoms with Crippen LogP contribution in [0.4, 0.5) is 5.69 Å². The molecule has 0 aliphatic carbocycles. The second-order valence-corrected chi connectivity index (χ2v) is 8.61. The number of sulfonamides is 1. The van der Waals surface area contributed by atoms with Crippen LogP contribution in [-0.2, 0) is 16.4 Å². The van der Waals surface area contributed by atoms with E-state index in [0.717, 1.165) is 5.56 Å². The third-order valence-corrected chi connectivity index (χ3v) is 5.40. The summed E-state index contributed by atoms with van der Waals surface area (Å²) in [5.74, 6) is -0.886. The van der Waals surface area contributed by atoms with Gasteiger partial charge in [-0.1, -0.05) is 20.8 Å². The van der Waals surface area contributed by atoms with Gasteiger partial charge in [-0.15, -0.1) is 0 Å². The Morgan fingerprint density at radius 2 is 2.00 bits per heavy atom. The van der Waals surface area contributed by atoms with Crippen molar-refractivity contribution in [2.75, 3.05) is 16.6 Å². The van der Waals surface area contributed by atoms with Crippen LogP contribution < -0.4 is 4.31 Å². The van der Waals surface area contributed by atoms with E-state index in [1.807, 2.05) is 20.8 Å². The van der Waals surface area contributed by atoms with Crippen molar-refractivity contribution in [3.05, 3.63) is 29.3 Å². The van der Waals surface area contributed by atoms with Crippen molar-refractivity contribution in [1.82, 2.24) is 0 Å². The Morgan fingerprint density at radius 1 is 1.33 bits per heavy atom. The number of carboxylic acid groups (broad SMARTS) is 1. The van der Waals surface area contributed by atoms with Crippen LogP contribution in [0.1, 0.15) is 43.1 Å². The number of fused-ring (bicyclic) bond motifs is 1. The van der Waals surface area contributed by atoms with Crippen LogP contribution in [0, 0.1) is 5.41 Å². The lowest BCUT2D eigenvalue weighted by Gasteiger charge is -2.23. The summed E-state index contributed by atoms with van der Waals surface area (Å²) < 4.78 is 26.4. The lowest BCUT2D eigenvalue weighted by molar-refractivity contribution is 0.0697. The first-order valence-corrected chi connectivity index (χ1v) is 8.58. The number of nitrogens with zero attached hydrogens (tertiary/aromatic N) is 1. The molecule has 1 aromatic rings. The van der Waals surface area contributed by atoms with E-state index >= 15 is 0 Å². The maximum absolute atomic E-state index is 12.5. The molecular formula is C15H21NO4S. The van der Waals surface area contributed by atoms with E-state index in [1.165, 1.54) is 10.4 Å². The number of aromatic carboxylic acids is 1. The molecule has 0 atom stereocenters. The van der Waals surface area contributed by atoms with Crippen molar-refractivity contribution >= 4 is 21.7 Å². The Morgan fingerprint density at radius 3 is 2.57 bits per heavy atom. The normalized spacial score (nSPS) is 15.1. The van der Waals surface area contributed by atoms with Gasteiger partial charge in [0.15, 0.2) is 0 Å². The zero-order valence-electron chi connectivity index (χ0n) is 12.6. The van der Waals surface area contributed by atoms with Crippen molar-refractivity contribution in [3.63, 3.8) is 0 Å². The maximum Gasteiger partial charge on any atom is 0.335 e. The van der Waals surface area contributed by atoms with Crippen LogP contribution in [-0.4, -0.2) is 31.8 Å². The first kappa shape index (κ1) is 15.8. The number of rotatable bonds is 4. The van der Waals surface area contributed by atoms with Crippen molar-refractivity contribution in [2.24, 2.45) is 5.41 Å². The minimum atomic E-state index is -3.35. The predicted molar refractivity (Wildman–Crippen MR) is 82.3 cm³/mol. The molecule has 21 heavy (non-hydrogen) atoms. The fourth-order valence-electron chi connectivity index (χ4n) is 2.34. The second kappa shape index (κ2) is 5.33. The molecule has 0 saturated carbocycles. The molecule has 0 fully saturated rings.